The van der Waals surface area contributed by atoms with Gasteiger partial charge >= 0.3 is 0 Å². The molecular weight excluding hydrogens is 264 g/mol. The zero-order valence-corrected chi connectivity index (χ0v) is 12.0. The SMILES string of the molecule is Cn1cnnc1CCNCc1cnn(-c2ccccc2)c1. The van der Waals surface area contributed by atoms with Crippen molar-refractivity contribution in [1.29, 1.82) is 0 Å². The molecule has 0 amide bonds. The van der Waals surface area contributed by atoms with Crippen molar-refractivity contribution in [3.63, 3.8) is 0 Å². The summed E-state index contributed by atoms with van der Waals surface area (Å²) in [6, 6.07) is 10.1. The van der Waals surface area contributed by atoms with Crippen LogP contribution < -0.4 is 5.32 Å². The van der Waals surface area contributed by atoms with Crippen LogP contribution in [0.15, 0.2) is 49.1 Å². The van der Waals surface area contributed by atoms with Crippen molar-refractivity contribution in [2.45, 2.75) is 13.0 Å². The molecule has 0 saturated carbocycles. The molecule has 0 bridgehead atoms. The monoisotopic (exact) mass is 282 g/mol. The summed E-state index contributed by atoms with van der Waals surface area (Å²) < 4.78 is 3.83. The van der Waals surface area contributed by atoms with E-state index in [4.69, 9.17) is 0 Å². The molecule has 2 aromatic heterocycles. The summed E-state index contributed by atoms with van der Waals surface area (Å²) in [7, 11) is 1.96. The summed E-state index contributed by atoms with van der Waals surface area (Å²) in [5.41, 5.74) is 2.24. The summed E-state index contributed by atoms with van der Waals surface area (Å²) >= 11 is 0. The average Bonchev–Trinajstić information content (AvgIpc) is 3.14. The average molecular weight is 282 g/mol. The van der Waals surface area contributed by atoms with Gasteiger partial charge in [0, 0.05) is 38.3 Å². The van der Waals surface area contributed by atoms with Gasteiger partial charge in [0.2, 0.25) is 0 Å². The second-order valence-electron chi connectivity index (χ2n) is 4.91. The Hall–Kier alpha value is -2.47. The van der Waals surface area contributed by atoms with Crippen LogP contribution in [0.2, 0.25) is 0 Å². The van der Waals surface area contributed by atoms with Crippen molar-refractivity contribution in [2.75, 3.05) is 6.54 Å². The molecular formula is C15H18N6. The Morgan fingerprint density at radius 2 is 2.05 bits per heavy atom. The van der Waals surface area contributed by atoms with E-state index in [1.165, 1.54) is 0 Å². The van der Waals surface area contributed by atoms with E-state index < -0.39 is 0 Å². The van der Waals surface area contributed by atoms with Crippen molar-refractivity contribution >= 4 is 0 Å². The molecule has 6 nitrogen and oxygen atoms in total. The third-order valence-corrected chi connectivity index (χ3v) is 3.32. The maximum Gasteiger partial charge on any atom is 0.133 e. The fourth-order valence-corrected chi connectivity index (χ4v) is 2.14. The maximum absolute atomic E-state index is 4.38. The molecule has 21 heavy (non-hydrogen) atoms. The van der Waals surface area contributed by atoms with E-state index in [9.17, 15) is 0 Å². The molecule has 108 valence electrons. The van der Waals surface area contributed by atoms with Gasteiger partial charge in [-0.05, 0) is 12.1 Å². The maximum atomic E-state index is 4.38. The summed E-state index contributed by atoms with van der Waals surface area (Å²) in [6.07, 6.45) is 6.52. The van der Waals surface area contributed by atoms with Gasteiger partial charge in [-0.15, -0.1) is 10.2 Å². The molecule has 1 N–H and O–H groups in total. The smallest absolute Gasteiger partial charge is 0.133 e. The Kier molecular flexibility index (Phi) is 4.07. The first-order chi connectivity index (χ1) is 10.3. The van der Waals surface area contributed by atoms with Gasteiger partial charge in [0.25, 0.3) is 0 Å². The number of para-hydroxylation sites is 1. The Balaban J connectivity index is 1.50. The molecule has 0 aliphatic rings. The number of rotatable bonds is 6. The number of hydrogen-bond donors (Lipinski definition) is 1. The molecule has 0 fully saturated rings. The van der Waals surface area contributed by atoms with Gasteiger partial charge < -0.3 is 9.88 Å². The summed E-state index contributed by atoms with van der Waals surface area (Å²) in [6.45, 7) is 1.66. The highest BCUT2D eigenvalue weighted by molar-refractivity contribution is 5.30. The number of benzene rings is 1. The number of aromatic nitrogens is 5. The standard InChI is InChI=1S/C15H18N6/c1-20-12-17-19-15(20)7-8-16-9-13-10-18-21(11-13)14-5-3-2-4-6-14/h2-6,10-12,16H,7-9H2,1H3. The molecule has 1 aromatic carbocycles. The highest BCUT2D eigenvalue weighted by Crippen LogP contribution is 2.07. The predicted octanol–water partition coefficient (Wildman–Crippen LogP) is 1.33. The summed E-state index contributed by atoms with van der Waals surface area (Å²) in [5, 5.41) is 15.7. The van der Waals surface area contributed by atoms with E-state index in [-0.39, 0.29) is 0 Å². The van der Waals surface area contributed by atoms with Crippen molar-refractivity contribution in [1.82, 2.24) is 29.9 Å². The summed E-state index contributed by atoms with van der Waals surface area (Å²) in [5.74, 6) is 0.988. The van der Waals surface area contributed by atoms with E-state index >= 15 is 0 Å². The molecule has 2 heterocycles. The van der Waals surface area contributed by atoms with Gasteiger partial charge in [0.05, 0.1) is 11.9 Å². The normalized spacial score (nSPS) is 10.9. The van der Waals surface area contributed by atoms with Gasteiger partial charge in [-0.1, -0.05) is 18.2 Å². The number of nitrogens with zero attached hydrogens (tertiary/aromatic N) is 5. The van der Waals surface area contributed by atoms with Gasteiger partial charge in [-0.3, -0.25) is 0 Å². The van der Waals surface area contributed by atoms with Crippen LogP contribution in [0, 0.1) is 0 Å². The lowest BCUT2D eigenvalue weighted by molar-refractivity contribution is 0.653. The zero-order chi connectivity index (χ0) is 14.5. The van der Waals surface area contributed by atoms with Gasteiger partial charge in [0.15, 0.2) is 0 Å². The molecule has 0 saturated heterocycles. The Bertz CT molecular complexity index is 685. The number of hydrogen-bond acceptors (Lipinski definition) is 4. The predicted molar refractivity (Wildman–Crippen MR) is 80.0 cm³/mol. The minimum absolute atomic E-state index is 0.796. The topological polar surface area (TPSA) is 60.6 Å². The minimum atomic E-state index is 0.796. The van der Waals surface area contributed by atoms with Gasteiger partial charge in [0.1, 0.15) is 12.2 Å². The highest BCUT2D eigenvalue weighted by Gasteiger charge is 2.02. The second-order valence-corrected chi connectivity index (χ2v) is 4.91. The number of nitrogens with one attached hydrogen (secondary N) is 1. The fourth-order valence-electron chi connectivity index (χ4n) is 2.14. The molecule has 0 aliphatic carbocycles. The lowest BCUT2D eigenvalue weighted by Gasteiger charge is -2.03. The number of aryl methyl sites for hydroxylation is 1. The molecule has 0 unspecified atom stereocenters. The van der Waals surface area contributed by atoms with Gasteiger partial charge in [-0.25, -0.2) is 4.68 Å². The van der Waals surface area contributed by atoms with Crippen molar-refractivity contribution < 1.29 is 0 Å². The first kappa shape index (κ1) is 13.5. The molecule has 3 rings (SSSR count). The molecule has 0 atom stereocenters. The third-order valence-electron chi connectivity index (χ3n) is 3.32. The zero-order valence-electron chi connectivity index (χ0n) is 12.0. The first-order valence-electron chi connectivity index (χ1n) is 6.95. The van der Waals surface area contributed by atoms with E-state index in [0.717, 1.165) is 36.6 Å². The molecule has 3 aromatic rings. The van der Waals surface area contributed by atoms with Crippen LogP contribution >= 0.6 is 0 Å². The second kappa shape index (κ2) is 6.32. The minimum Gasteiger partial charge on any atom is -0.321 e. The molecule has 0 radical (unpaired) electrons. The van der Waals surface area contributed by atoms with E-state index in [1.54, 1.807) is 6.33 Å². The van der Waals surface area contributed by atoms with Gasteiger partial charge in [-0.2, -0.15) is 5.10 Å². The van der Waals surface area contributed by atoms with Crippen LogP contribution in [-0.2, 0) is 20.0 Å². The Labute approximate surface area is 123 Å². The lowest BCUT2D eigenvalue weighted by atomic mass is 10.3. The first-order valence-corrected chi connectivity index (χ1v) is 6.95. The summed E-state index contributed by atoms with van der Waals surface area (Å²) in [4.78, 5) is 0. The molecule has 0 spiro atoms. The van der Waals surface area contributed by atoms with Crippen molar-refractivity contribution in [3.8, 4) is 5.69 Å². The molecule has 6 heteroatoms. The van der Waals surface area contributed by atoms with Crippen molar-refractivity contribution in [2.24, 2.45) is 7.05 Å². The van der Waals surface area contributed by atoms with E-state index in [1.807, 2.05) is 59.0 Å². The lowest BCUT2D eigenvalue weighted by Crippen LogP contribution is -2.17. The Morgan fingerprint density at radius 1 is 1.19 bits per heavy atom. The van der Waals surface area contributed by atoms with Crippen LogP contribution in [0.1, 0.15) is 11.4 Å². The van der Waals surface area contributed by atoms with Crippen molar-refractivity contribution in [3.05, 3.63) is 60.4 Å². The van der Waals surface area contributed by atoms with E-state index in [0.29, 0.717) is 0 Å². The highest BCUT2D eigenvalue weighted by atomic mass is 15.3. The van der Waals surface area contributed by atoms with E-state index in [2.05, 4.69) is 20.6 Å². The van der Waals surface area contributed by atoms with Crippen LogP contribution in [0.4, 0.5) is 0 Å². The quantitative estimate of drug-likeness (QED) is 0.693. The van der Waals surface area contributed by atoms with Crippen LogP contribution in [0.25, 0.3) is 5.69 Å². The third kappa shape index (κ3) is 3.35. The molecule has 0 aliphatic heterocycles. The van der Waals surface area contributed by atoms with Crippen LogP contribution in [0.5, 0.6) is 0 Å². The largest absolute Gasteiger partial charge is 0.321 e. The fraction of sp³-hybridized carbons (Fsp3) is 0.267. The van der Waals surface area contributed by atoms with Crippen LogP contribution in [0.3, 0.4) is 0 Å². The Morgan fingerprint density at radius 3 is 2.81 bits per heavy atom. The van der Waals surface area contributed by atoms with Crippen LogP contribution in [-0.4, -0.2) is 31.1 Å².